The van der Waals surface area contributed by atoms with Crippen molar-refractivity contribution >= 4 is 22.7 Å². The van der Waals surface area contributed by atoms with Crippen LogP contribution in [-0.2, 0) is 11.4 Å². The average molecular weight is 454 g/mol. The summed E-state index contributed by atoms with van der Waals surface area (Å²) in [6, 6.07) is 23.7. The van der Waals surface area contributed by atoms with Crippen LogP contribution in [-0.4, -0.2) is 16.6 Å². The van der Waals surface area contributed by atoms with Gasteiger partial charge in [-0.2, -0.15) is 5.10 Å². The third kappa shape index (κ3) is 4.44. The first-order valence-corrected chi connectivity index (χ1v) is 11.7. The van der Waals surface area contributed by atoms with Crippen molar-refractivity contribution in [1.29, 1.82) is 0 Å². The molecule has 0 fully saturated rings. The first-order valence-electron chi connectivity index (χ1n) is 11.7. The van der Waals surface area contributed by atoms with E-state index in [0.717, 1.165) is 46.5 Å². The van der Waals surface area contributed by atoms with Gasteiger partial charge < -0.3 is 9.15 Å². The van der Waals surface area contributed by atoms with Crippen LogP contribution in [0.25, 0.3) is 22.6 Å². The fourth-order valence-electron chi connectivity index (χ4n) is 4.38. The van der Waals surface area contributed by atoms with Crippen molar-refractivity contribution in [2.45, 2.75) is 33.3 Å². The van der Waals surface area contributed by atoms with Crippen LogP contribution in [0.1, 0.15) is 37.8 Å². The fraction of sp³-hybridized carbons (Fsp3) is 0.250. The second kappa shape index (κ2) is 9.51. The number of carbonyl (C=O) groups is 1. The number of oxazole rings is 1. The highest BCUT2D eigenvalue weighted by atomic mass is 16.5. The van der Waals surface area contributed by atoms with Gasteiger partial charge in [0.2, 0.25) is 11.8 Å². The molecule has 2 heterocycles. The molecule has 0 aliphatic carbocycles. The van der Waals surface area contributed by atoms with Gasteiger partial charge in [-0.1, -0.05) is 56.7 Å². The van der Waals surface area contributed by atoms with E-state index >= 15 is 0 Å². The topological polar surface area (TPSA) is 76.7 Å². The molecule has 6 nitrogen and oxygen atoms in total. The predicted octanol–water partition coefficient (Wildman–Crippen LogP) is 5.96. The van der Waals surface area contributed by atoms with Gasteiger partial charge >= 0.3 is 0 Å². The molecule has 0 saturated heterocycles. The van der Waals surface area contributed by atoms with Gasteiger partial charge in [-0.3, -0.25) is 4.79 Å². The highest BCUT2D eigenvalue weighted by Gasteiger charge is 2.32. The fourth-order valence-corrected chi connectivity index (χ4v) is 4.38. The van der Waals surface area contributed by atoms with Gasteiger partial charge in [0, 0.05) is 23.0 Å². The van der Waals surface area contributed by atoms with Crippen LogP contribution in [0.2, 0.25) is 0 Å². The Labute approximate surface area is 198 Å². The molecule has 1 amide bonds. The quantitative estimate of drug-likeness (QED) is 0.375. The number of nitrogens with zero attached hydrogens (tertiary/aromatic N) is 2. The average Bonchev–Trinajstić information content (AvgIpc) is 3.30. The molecule has 1 N–H and O–H groups in total. The van der Waals surface area contributed by atoms with Crippen molar-refractivity contribution in [1.82, 2.24) is 10.4 Å². The van der Waals surface area contributed by atoms with Gasteiger partial charge in [-0.15, -0.1) is 0 Å². The number of carbonyl (C=O) groups excluding carboxylic acids is 1. The van der Waals surface area contributed by atoms with Crippen molar-refractivity contribution in [3.63, 3.8) is 0 Å². The summed E-state index contributed by atoms with van der Waals surface area (Å²) in [5, 5.41) is 4.36. The molecule has 6 heteroatoms. The van der Waals surface area contributed by atoms with E-state index in [1.165, 1.54) is 0 Å². The lowest BCUT2D eigenvalue weighted by Gasteiger charge is -2.27. The molecule has 2 atom stereocenters. The summed E-state index contributed by atoms with van der Waals surface area (Å²) < 4.78 is 12.0. The summed E-state index contributed by atoms with van der Waals surface area (Å²) in [7, 11) is 0. The number of hydrogen-bond donors (Lipinski definition) is 1. The summed E-state index contributed by atoms with van der Waals surface area (Å²) in [5.41, 5.74) is 7.97. The van der Waals surface area contributed by atoms with E-state index in [1.807, 2.05) is 72.8 Å². The molecule has 0 radical (unpaired) electrons. The molecule has 5 rings (SSSR count). The van der Waals surface area contributed by atoms with E-state index in [9.17, 15) is 4.79 Å². The third-order valence-electron chi connectivity index (χ3n) is 6.29. The SMILES string of the molecule is CCC[C@@H]1C(=O)NN=C(c2ccc3nc(-c4ccc(OCc5ccccc5)cc4)oc3c2)[C@@H]1C. The number of hydrogen-bond acceptors (Lipinski definition) is 5. The largest absolute Gasteiger partial charge is 0.489 e. The third-order valence-corrected chi connectivity index (χ3v) is 6.29. The van der Waals surface area contributed by atoms with Gasteiger partial charge in [0.25, 0.3) is 0 Å². The Kier molecular flexibility index (Phi) is 6.12. The summed E-state index contributed by atoms with van der Waals surface area (Å²) in [5.74, 6) is 1.31. The number of benzene rings is 3. The molecule has 4 aromatic rings. The van der Waals surface area contributed by atoms with Crippen molar-refractivity contribution in [2.75, 3.05) is 0 Å². The van der Waals surface area contributed by atoms with E-state index in [0.29, 0.717) is 18.1 Å². The maximum Gasteiger partial charge on any atom is 0.243 e. The second-order valence-electron chi connectivity index (χ2n) is 8.66. The molecule has 1 aliphatic heterocycles. The molecule has 0 unspecified atom stereocenters. The number of aromatic nitrogens is 1. The predicted molar refractivity (Wildman–Crippen MR) is 132 cm³/mol. The van der Waals surface area contributed by atoms with Crippen LogP contribution in [0, 0.1) is 11.8 Å². The van der Waals surface area contributed by atoms with Crippen LogP contribution in [0.4, 0.5) is 0 Å². The Morgan fingerprint density at radius 2 is 1.76 bits per heavy atom. The minimum atomic E-state index is -0.0684. The number of rotatable bonds is 7. The number of ether oxygens (including phenoxy) is 1. The van der Waals surface area contributed by atoms with Crippen LogP contribution in [0.3, 0.4) is 0 Å². The standard InChI is InChI=1S/C28H27N3O3/c1-3-7-23-18(2)26(30-31-27(23)32)21-12-15-24-25(16-21)34-28(29-24)20-10-13-22(14-11-20)33-17-19-8-5-4-6-9-19/h4-6,8-16,18,23H,3,7,17H2,1-2H3,(H,31,32)/t18-,23+/m1/s1. The molecular weight excluding hydrogens is 426 g/mol. The van der Waals surface area contributed by atoms with Crippen LogP contribution >= 0.6 is 0 Å². The molecule has 34 heavy (non-hydrogen) atoms. The van der Waals surface area contributed by atoms with E-state index in [-0.39, 0.29) is 17.7 Å². The van der Waals surface area contributed by atoms with Gasteiger partial charge in [0.05, 0.1) is 5.71 Å². The zero-order chi connectivity index (χ0) is 23.5. The number of nitrogens with one attached hydrogen (secondary N) is 1. The molecule has 1 aliphatic rings. The van der Waals surface area contributed by atoms with E-state index in [2.05, 4.69) is 29.4 Å². The van der Waals surface area contributed by atoms with Gasteiger partial charge in [-0.05, 0) is 48.4 Å². The Morgan fingerprint density at radius 3 is 2.53 bits per heavy atom. The van der Waals surface area contributed by atoms with Crippen molar-refractivity contribution < 1.29 is 13.9 Å². The van der Waals surface area contributed by atoms with Gasteiger partial charge in [0.15, 0.2) is 5.58 Å². The zero-order valence-corrected chi connectivity index (χ0v) is 19.3. The van der Waals surface area contributed by atoms with Crippen molar-refractivity contribution in [2.24, 2.45) is 16.9 Å². The molecule has 172 valence electrons. The number of fused-ring (bicyclic) bond motifs is 1. The van der Waals surface area contributed by atoms with Crippen molar-refractivity contribution in [3.8, 4) is 17.2 Å². The zero-order valence-electron chi connectivity index (χ0n) is 19.3. The number of hydrazone groups is 1. The lowest BCUT2D eigenvalue weighted by Crippen LogP contribution is -2.40. The highest BCUT2D eigenvalue weighted by molar-refractivity contribution is 6.07. The normalized spacial score (nSPS) is 17.9. The smallest absolute Gasteiger partial charge is 0.243 e. The molecule has 0 bridgehead atoms. The van der Waals surface area contributed by atoms with Crippen LogP contribution in [0.15, 0.2) is 82.3 Å². The van der Waals surface area contributed by atoms with Crippen LogP contribution in [0.5, 0.6) is 5.75 Å². The van der Waals surface area contributed by atoms with E-state index < -0.39 is 0 Å². The first-order chi connectivity index (χ1) is 16.6. The van der Waals surface area contributed by atoms with Gasteiger partial charge in [0.1, 0.15) is 17.9 Å². The maximum atomic E-state index is 12.2. The monoisotopic (exact) mass is 453 g/mol. The minimum Gasteiger partial charge on any atom is -0.489 e. The Balaban J connectivity index is 1.34. The maximum absolute atomic E-state index is 12.2. The lowest BCUT2D eigenvalue weighted by molar-refractivity contribution is -0.126. The molecule has 0 spiro atoms. The Hall–Kier alpha value is -3.93. The summed E-state index contributed by atoms with van der Waals surface area (Å²) in [6.07, 6.45) is 1.79. The number of amides is 1. The highest BCUT2D eigenvalue weighted by Crippen LogP contribution is 2.30. The Bertz CT molecular complexity index is 1330. The van der Waals surface area contributed by atoms with E-state index in [4.69, 9.17) is 9.15 Å². The lowest BCUT2D eigenvalue weighted by atomic mass is 9.82. The van der Waals surface area contributed by atoms with E-state index in [1.54, 1.807) is 0 Å². The van der Waals surface area contributed by atoms with Gasteiger partial charge in [-0.25, -0.2) is 10.4 Å². The Morgan fingerprint density at radius 1 is 1.00 bits per heavy atom. The van der Waals surface area contributed by atoms with Crippen LogP contribution < -0.4 is 10.2 Å². The molecule has 1 aromatic heterocycles. The molecule has 3 aromatic carbocycles. The second-order valence-corrected chi connectivity index (χ2v) is 8.66. The molecular formula is C28H27N3O3. The minimum absolute atomic E-state index is 0.00248. The first kappa shape index (κ1) is 21.9. The summed E-state index contributed by atoms with van der Waals surface area (Å²) in [6.45, 7) is 4.68. The summed E-state index contributed by atoms with van der Waals surface area (Å²) >= 11 is 0. The molecule has 0 saturated carbocycles. The van der Waals surface area contributed by atoms with Crippen molar-refractivity contribution in [3.05, 3.63) is 83.9 Å². The summed E-state index contributed by atoms with van der Waals surface area (Å²) in [4.78, 5) is 16.9.